The van der Waals surface area contributed by atoms with Gasteiger partial charge in [0.2, 0.25) is 0 Å². The van der Waals surface area contributed by atoms with Crippen LogP contribution in [-0.4, -0.2) is 0 Å². The van der Waals surface area contributed by atoms with Crippen molar-refractivity contribution in [2.45, 2.75) is 20.5 Å². The zero-order valence-electron chi connectivity index (χ0n) is 8.99. The molecule has 2 aromatic rings. The van der Waals surface area contributed by atoms with Crippen LogP contribution in [0.3, 0.4) is 0 Å². The van der Waals surface area contributed by atoms with Gasteiger partial charge in [0.05, 0.1) is 12.5 Å². The Morgan fingerprint density at radius 1 is 1.20 bits per heavy atom. The van der Waals surface area contributed by atoms with E-state index in [1.165, 1.54) is 11.1 Å². The summed E-state index contributed by atoms with van der Waals surface area (Å²) in [6.45, 7) is 4.71. The van der Waals surface area contributed by atoms with Crippen molar-refractivity contribution >= 4 is 0 Å². The highest BCUT2D eigenvalue weighted by Gasteiger charge is 2.02. The molecule has 0 saturated carbocycles. The minimum atomic E-state index is 0.556. The molecule has 0 radical (unpaired) electrons. The Kier molecular flexibility index (Phi) is 2.77. The van der Waals surface area contributed by atoms with Gasteiger partial charge in [-0.25, -0.2) is 0 Å². The molecule has 1 aromatic carbocycles. The molecule has 2 nitrogen and oxygen atoms in total. The van der Waals surface area contributed by atoms with Crippen molar-refractivity contribution in [1.82, 2.24) is 0 Å². The quantitative estimate of drug-likeness (QED) is 0.760. The van der Waals surface area contributed by atoms with Gasteiger partial charge in [0.1, 0.15) is 12.4 Å². The summed E-state index contributed by atoms with van der Waals surface area (Å²) in [4.78, 5) is 0. The molecule has 0 saturated heterocycles. The van der Waals surface area contributed by atoms with E-state index in [4.69, 9.17) is 9.15 Å². The zero-order valence-corrected chi connectivity index (χ0v) is 8.99. The van der Waals surface area contributed by atoms with Crippen molar-refractivity contribution in [1.29, 1.82) is 0 Å². The van der Waals surface area contributed by atoms with E-state index in [2.05, 4.69) is 19.9 Å². The van der Waals surface area contributed by atoms with E-state index in [0.717, 1.165) is 11.3 Å². The molecule has 0 spiro atoms. The molecule has 0 unspecified atom stereocenters. The van der Waals surface area contributed by atoms with E-state index in [1.807, 2.05) is 18.2 Å². The number of ether oxygens (including phenoxy) is 1. The molecule has 0 aliphatic rings. The lowest BCUT2D eigenvalue weighted by Gasteiger charge is -2.09. The fraction of sp³-hybridized carbons (Fsp3) is 0.231. The number of rotatable bonds is 3. The third-order valence-corrected chi connectivity index (χ3v) is 2.53. The molecule has 0 N–H and O–H groups in total. The summed E-state index contributed by atoms with van der Waals surface area (Å²) in [6.07, 6.45) is 3.35. The van der Waals surface area contributed by atoms with Crippen LogP contribution in [0.2, 0.25) is 0 Å². The topological polar surface area (TPSA) is 22.4 Å². The summed E-state index contributed by atoms with van der Waals surface area (Å²) < 4.78 is 10.7. The van der Waals surface area contributed by atoms with Crippen LogP contribution >= 0.6 is 0 Å². The van der Waals surface area contributed by atoms with Gasteiger partial charge in [-0.05, 0) is 37.1 Å². The van der Waals surface area contributed by atoms with Crippen LogP contribution in [0.1, 0.15) is 16.7 Å². The predicted octanol–water partition coefficient (Wildman–Crippen LogP) is 3.48. The second-order valence-corrected chi connectivity index (χ2v) is 3.62. The first-order chi connectivity index (χ1) is 7.27. The highest BCUT2D eigenvalue weighted by atomic mass is 16.5. The molecule has 0 aliphatic carbocycles. The molecular weight excluding hydrogens is 188 g/mol. The number of hydrogen-bond donors (Lipinski definition) is 0. The van der Waals surface area contributed by atoms with Crippen molar-refractivity contribution in [3.63, 3.8) is 0 Å². The fourth-order valence-electron chi connectivity index (χ4n) is 1.42. The largest absolute Gasteiger partial charge is 0.489 e. The van der Waals surface area contributed by atoms with E-state index in [1.54, 1.807) is 12.5 Å². The lowest BCUT2D eigenvalue weighted by Crippen LogP contribution is -1.96. The van der Waals surface area contributed by atoms with Crippen LogP contribution in [0.5, 0.6) is 5.75 Å². The molecule has 0 fully saturated rings. The first kappa shape index (κ1) is 9.84. The van der Waals surface area contributed by atoms with Gasteiger partial charge >= 0.3 is 0 Å². The van der Waals surface area contributed by atoms with Gasteiger partial charge in [-0.15, -0.1) is 0 Å². The van der Waals surface area contributed by atoms with Crippen molar-refractivity contribution in [2.75, 3.05) is 0 Å². The van der Waals surface area contributed by atoms with Crippen LogP contribution in [0, 0.1) is 13.8 Å². The minimum Gasteiger partial charge on any atom is -0.489 e. The van der Waals surface area contributed by atoms with E-state index in [0.29, 0.717) is 6.61 Å². The van der Waals surface area contributed by atoms with Gasteiger partial charge < -0.3 is 9.15 Å². The average molecular weight is 202 g/mol. The Labute approximate surface area is 89.5 Å². The maximum absolute atomic E-state index is 5.70. The Balaban J connectivity index is 2.08. The number of hydrogen-bond acceptors (Lipinski definition) is 2. The first-order valence-corrected chi connectivity index (χ1v) is 4.97. The van der Waals surface area contributed by atoms with E-state index in [9.17, 15) is 0 Å². The lowest BCUT2D eigenvalue weighted by molar-refractivity contribution is 0.302. The second-order valence-electron chi connectivity index (χ2n) is 3.62. The Morgan fingerprint density at radius 2 is 2.07 bits per heavy atom. The monoisotopic (exact) mass is 202 g/mol. The molecule has 0 aliphatic heterocycles. The highest BCUT2D eigenvalue weighted by Crippen LogP contribution is 2.21. The zero-order chi connectivity index (χ0) is 10.7. The maximum Gasteiger partial charge on any atom is 0.122 e. The molecule has 2 heteroatoms. The molecule has 0 bridgehead atoms. The smallest absolute Gasteiger partial charge is 0.122 e. The molecule has 2 rings (SSSR count). The van der Waals surface area contributed by atoms with Gasteiger partial charge in [0.25, 0.3) is 0 Å². The number of benzene rings is 1. The number of aryl methyl sites for hydroxylation is 1. The Hall–Kier alpha value is -1.70. The summed E-state index contributed by atoms with van der Waals surface area (Å²) in [5.41, 5.74) is 3.50. The van der Waals surface area contributed by atoms with E-state index in [-0.39, 0.29) is 0 Å². The van der Waals surface area contributed by atoms with Gasteiger partial charge in [-0.1, -0.05) is 12.1 Å². The summed E-state index contributed by atoms with van der Waals surface area (Å²) in [7, 11) is 0. The molecule has 1 heterocycles. The summed E-state index contributed by atoms with van der Waals surface area (Å²) in [6, 6.07) is 7.99. The van der Waals surface area contributed by atoms with Crippen LogP contribution in [0.4, 0.5) is 0 Å². The highest BCUT2D eigenvalue weighted by molar-refractivity contribution is 5.38. The Morgan fingerprint density at radius 3 is 2.80 bits per heavy atom. The predicted molar refractivity (Wildman–Crippen MR) is 59.0 cm³/mol. The van der Waals surface area contributed by atoms with Crippen molar-refractivity contribution in [3.8, 4) is 5.75 Å². The average Bonchev–Trinajstić information content (AvgIpc) is 2.73. The molecule has 15 heavy (non-hydrogen) atoms. The standard InChI is InChI=1S/C13H14O2/c1-10-4-3-5-13(11(10)2)15-9-12-6-7-14-8-12/h3-8H,9H2,1-2H3. The molecule has 0 atom stereocenters. The van der Waals surface area contributed by atoms with Crippen LogP contribution in [0.15, 0.2) is 41.2 Å². The van der Waals surface area contributed by atoms with Crippen molar-refractivity contribution < 1.29 is 9.15 Å². The molecular formula is C13H14O2. The molecule has 0 amide bonds. The van der Waals surface area contributed by atoms with Gasteiger partial charge in [0, 0.05) is 5.56 Å². The first-order valence-electron chi connectivity index (χ1n) is 4.97. The maximum atomic E-state index is 5.70. The summed E-state index contributed by atoms with van der Waals surface area (Å²) in [5.74, 6) is 0.941. The van der Waals surface area contributed by atoms with Crippen LogP contribution in [0.25, 0.3) is 0 Å². The number of furan rings is 1. The third kappa shape index (κ3) is 2.21. The van der Waals surface area contributed by atoms with Crippen LogP contribution < -0.4 is 4.74 Å². The van der Waals surface area contributed by atoms with Gasteiger partial charge in [-0.3, -0.25) is 0 Å². The summed E-state index contributed by atoms with van der Waals surface area (Å²) >= 11 is 0. The minimum absolute atomic E-state index is 0.556. The second kappa shape index (κ2) is 4.22. The molecule has 1 aromatic heterocycles. The van der Waals surface area contributed by atoms with Crippen molar-refractivity contribution in [3.05, 3.63) is 53.5 Å². The van der Waals surface area contributed by atoms with Crippen LogP contribution in [-0.2, 0) is 6.61 Å². The lowest BCUT2D eigenvalue weighted by atomic mass is 10.1. The normalized spacial score (nSPS) is 10.3. The summed E-state index contributed by atoms with van der Waals surface area (Å²) in [5, 5.41) is 0. The van der Waals surface area contributed by atoms with Gasteiger partial charge in [0.15, 0.2) is 0 Å². The Bertz CT molecular complexity index is 430. The SMILES string of the molecule is Cc1cccc(OCc2ccoc2)c1C. The third-order valence-electron chi connectivity index (χ3n) is 2.53. The van der Waals surface area contributed by atoms with E-state index >= 15 is 0 Å². The fourth-order valence-corrected chi connectivity index (χ4v) is 1.42. The molecule has 78 valence electrons. The van der Waals surface area contributed by atoms with Crippen molar-refractivity contribution in [2.24, 2.45) is 0 Å². The van der Waals surface area contributed by atoms with E-state index < -0.39 is 0 Å². The van der Waals surface area contributed by atoms with Gasteiger partial charge in [-0.2, -0.15) is 0 Å².